The second-order valence-corrected chi connectivity index (χ2v) is 6.57. The lowest BCUT2D eigenvalue weighted by molar-refractivity contribution is 0.414. The van der Waals surface area contributed by atoms with Crippen LogP contribution in [0.15, 0.2) is 34.6 Å². The summed E-state index contributed by atoms with van der Waals surface area (Å²) in [7, 11) is 5.67. The molecule has 0 radical (unpaired) electrons. The molecule has 1 heterocycles. The Morgan fingerprint density at radius 3 is 2.60 bits per heavy atom. The summed E-state index contributed by atoms with van der Waals surface area (Å²) in [5, 5.41) is 9.70. The highest BCUT2D eigenvalue weighted by Crippen LogP contribution is 2.18. The minimum atomic E-state index is 0.572. The van der Waals surface area contributed by atoms with E-state index in [1.54, 1.807) is 18.4 Å². The van der Waals surface area contributed by atoms with Gasteiger partial charge in [0.05, 0.1) is 19.3 Å². The maximum atomic E-state index is 5.18. The molecule has 6 nitrogen and oxygen atoms in total. The quantitative estimate of drug-likeness (QED) is 0.559. The molecule has 7 heteroatoms. The Balaban J connectivity index is 1.85. The van der Waals surface area contributed by atoms with E-state index in [1.807, 2.05) is 31.1 Å². The van der Waals surface area contributed by atoms with Gasteiger partial charge in [-0.05, 0) is 31.0 Å². The lowest BCUT2D eigenvalue weighted by atomic mass is 10.1. The molecule has 2 rings (SSSR count). The lowest BCUT2D eigenvalue weighted by Gasteiger charge is -2.11. The second-order valence-electron chi connectivity index (χ2n) is 5.74. The van der Waals surface area contributed by atoms with Crippen molar-refractivity contribution in [2.24, 2.45) is 4.99 Å². The van der Waals surface area contributed by atoms with Crippen LogP contribution in [0, 0.1) is 0 Å². The number of hydrogen-bond donors (Lipinski definition) is 2. The van der Waals surface area contributed by atoms with Crippen LogP contribution in [0.5, 0.6) is 5.75 Å². The fourth-order valence-electron chi connectivity index (χ4n) is 2.19. The highest BCUT2D eigenvalue weighted by molar-refractivity contribution is 7.13. The van der Waals surface area contributed by atoms with Gasteiger partial charge in [-0.1, -0.05) is 12.1 Å². The summed E-state index contributed by atoms with van der Waals surface area (Å²) in [6.45, 7) is 4.28. The van der Waals surface area contributed by atoms with Crippen LogP contribution in [0.3, 0.4) is 0 Å². The van der Waals surface area contributed by atoms with Crippen molar-refractivity contribution in [2.75, 3.05) is 39.2 Å². The Labute approximate surface area is 154 Å². The van der Waals surface area contributed by atoms with Gasteiger partial charge in [0.1, 0.15) is 5.75 Å². The normalized spacial score (nSPS) is 11.3. The van der Waals surface area contributed by atoms with Crippen LogP contribution in [0.4, 0.5) is 5.13 Å². The van der Waals surface area contributed by atoms with Crippen LogP contribution in [0.2, 0.25) is 0 Å². The zero-order chi connectivity index (χ0) is 18.1. The third-order valence-corrected chi connectivity index (χ3v) is 4.59. The van der Waals surface area contributed by atoms with Crippen LogP contribution < -0.4 is 20.3 Å². The third-order valence-electron chi connectivity index (χ3n) is 3.53. The zero-order valence-corrected chi connectivity index (χ0v) is 16.2. The van der Waals surface area contributed by atoms with Gasteiger partial charge in [-0.15, -0.1) is 11.3 Å². The molecule has 136 valence electrons. The van der Waals surface area contributed by atoms with Crippen molar-refractivity contribution in [3.05, 3.63) is 40.9 Å². The number of thiazole rings is 1. The van der Waals surface area contributed by atoms with E-state index in [2.05, 4.69) is 45.0 Å². The first-order chi connectivity index (χ1) is 12.1. The second kappa shape index (κ2) is 9.88. The standard InChI is InChI=1S/C18H27N5OS/c1-5-19-17(21-12-15-13-25-18(22-15)23(2)3)20-11-10-14-6-8-16(24-4)9-7-14/h6-9,13H,5,10-12H2,1-4H3,(H2,19,20,21). The van der Waals surface area contributed by atoms with Gasteiger partial charge in [0.15, 0.2) is 11.1 Å². The predicted octanol–water partition coefficient (Wildman–Crippen LogP) is 2.52. The summed E-state index contributed by atoms with van der Waals surface area (Å²) in [6, 6.07) is 8.14. The summed E-state index contributed by atoms with van der Waals surface area (Å²) in [5.74, 6) is 1.70. The Bertz CT molecular complexity index is 666. The van der Waals surface area contributed by atoms with Crippen molar-refractivity contribution >= 4 is 22.4 Å². The van der Waals surface area contributed by atoms with E-state index in [0.717, 1.165) is 42.0 Å². The number of hydrogen-bond acceptors (Lipinski definition) is 5. The molecule has 2 N–H and O–H groups in total. The third kappa shape index (κ3) is 6.26. The summed E-state index contributed by atoms with van der Waals surface area (Å²) in [5.41, 5.74) is 2.25. The lowest BCUT2D eigenvalue weighted by Crippen LogP contribution is -2.38. The summed E-state index contributed by atoms with van der Waals surface area (Å²) in [4.78, 5) is 11.2. The first-order valence-corrected chi connectivity index (χ1v) is 9.27. The van der Waals surface area contributed by atoms with E-state index in [9.17, 15) is 0 Å². The Hall–Kier alpha value is -2.28. The van der Waals surface area contributed by atoms with E-state index < -0.39 is 0 Å². The average Bonchev–Trinajstić information content (AvgIpc) is 3.09. The predicted molar refractivity (Wildman–Crippen MR) is 106 cm³/mol. The molecule has 0 aliphatic rings. The number of anilines is 1. The maximum absolute atomic E-state index is 5.18. The molecule has 1 aromatic carbocycles. The Morgan fingerprint density at radius 2 is 2.00 bits per heavy atom. The van der Waals surface area contributed by atoms with E-state index in [-0.39, 0.29) is 0 Å². The molecular weight excluding hydrogens is 334 g/mol. The number of methoxy groups -OCH3 is 1. The monoisotopic (exact) mass is 361 g/mol. The van der Waals surface area contributed by atoms with Crippen LogP contribution >= 0.6 is 11.3 Å². The molecule has 0 atom stereocenters. The zero-order valence-electron chi connectivity index (χ0n) is 15.4. The molecule has 0 unspecified atom stereocenters. The van der Waals surface area contributed by atoms with Crippen molar-refractivity contribution in [1.29, 1.82) is 0 Å². The van der Waals surface area contributed by atoms with Crippen molar-refractivity contribution < 1.29 is 4.74 Å². The SMILES string of the molecule is CCNC(=NCc1csc(N(C)C)n1)NCCc1ccc(OC)cc1. The number of aliphatic imine (C=N–C) groups is 1. The van der Waals surface area contributed by atoms with Crippen LogP contribution in [-0.4, -0.2) is 45.2 Å². The van der Waals surface area contributed by atoms with Crippen LogP contribution in [0.25, 0.3) is 0 Å². The van der Waals surface area contributed by atoms with Gasteiger partial charge in [0.25, 0.3) is 0 Å². The molecule has 0 spiro atoms. The van der Waals surface area contributed by atoms with Crippen molar-refractivity contribution in [2.45, 2.75) is 19.9 Å². The van der Waals surface area contributed by atoms with Gasteiger partial charge in [0, 0.05) is 32.6 Å². The molecule has 1 aromatic heterocycles. The van der Waals surface area contributed by atoms with Gasteiger partial charge >= 0.3 is 0 Å². The van der Waals surface area contributed by atoms with Gasteiger partial charge in [-0.25, -0.2) is 9.98 Å². The number of nitrogens with zero attached hydrogens (tertiary/aromatic N) is 3. The largest absolute Gasteiger partial charge is 0.497 e. The van der Waals surface area contributed by atoms with E-state index in [1.165, 1.54) is 5.56 Å². The fourth-order valence-corrected chi connectivity index (χ4v) is 2.94. The number of ether oxygens (including phenoxy) is 1. The molecule has 25 heavy (non-hydrogen) atoms. The molecule has 0 aliphatic heterocycles. The minimum absolute atomic E-state index is 0.572. The Morgan fingerprint density at radius 1 is 1.24 bits per heavy atom. The van der Waals surface area contributed by atoms with Gasteiger partial charge in [-0.2, -0.15) is 0 Å². The number of rotatable bonds is 8. The molecule has 0 aliphatic carbocycles. The molecule has 2 aromatic rings. The number of nitrogens with one attached hydrogen (secondary N) is 2. The molecule has 0 saturated carbocycles. The number of aromatic nitrogens is 1. The molecular formula is C18H27N5OS. The average molecular weight is 362 g/mol. The van der Waals surface area contributed by atoms with E-state index >= 15 is 0 Å². The highest BCUT2D eigenvalue weighted by atomic mass is 32.1. The summed E-state index contributed by atoms with van der Waals surface area (Å²) in [6.07, 6.45) is 0.926. The molecule has 0 bridgehead atoms. The van der Waals surface area contributed by atoms with E-state index in [0.29, 0.717) is 6.54 Å². The highest BCUT2D eigenvalue weighted by Gasteiger charge is 2.04. The van der Waals surface area contributed by atoms with Crippen molar-refractivity contribution in [3.8, 4) is 5.75 Å². The van der Waals surface area contributed by atoms with Crippen LogP contribution in [0.1, 0.15) is 18.2 Å². The van der Waals surface area contributed by atoms with E-state index in [4.69, 9.17) is 4.74 Å². The molecule has 0 fully saturated rings. The molecule has 0 saturated heterocycles. The Kier molecular flexibility index (Phi) is 7.53. The first-order valence-electron chi connectivity index (χ1n) is 8.39. The topological polar surface area (TPSA) is 61.8 Å². The van der Waals surface area contributed by atoms with Crippen molar-refractivity contribution in [1.82, 2.24) is 15.6 Å². The fraction of sp³-hybridized carbons (Fsp3) is 0.444. The first kappa shape index (κ1) is 19.1. The minimum Gasteiger partial charge on any atom is -0.497 e. The van der Waals surface area contributed by atoms with Gasteiger partial charge in [0.2, 0.25) is 0 Å². The van der Waals surface area contributed by atoms with Gasteiger partial charge in [-0.3, -0.25) is 0 Å². The van der Waals surface area contributed by atoms with Gasteiger partial charge < -0.3 is 20.3 Å². The smallest absolute Gasteiger partial charge is 0.191 e. The number of benzene rings is 1. The molecule has 0 amide bonds. The summed E-state index contributed by atoms with van der Waals surface area (Å²) >= 11 is 1.64. The maximum Gasteiger partial charge on any atom is 0.191 e. The number of guanidine groups is 1. The van der Waals surface area contributed by atoms with Crippen molar-refractivity contribution in [3.63, 3.8) is 0 Å². The van der Waals surface area contributed by atoms with Crippen LogP contribution in [-0.2, 0) is 13.0 Å². The summed E-state index contributed by atoms with van der Waals surface area (Å²) < 4.78 is 5.18.